The molecule has 0 atom stereocenters. The fourth-order valence-corrected chi connectivity index (χ4v) is 2.43. The van der Waals surface area contributed by atoms with Gasteiger partial charge in [-0.15, -0.1) is 0 Å². The van der Waals surface area contributed by atoms with Gasteiger partial charge in [-0.05, 0) is 12.1 Å². The number of halogens is 1. The highest BCUT2D eigenvalue weighted by Gasteiger charge is 2.16. The third kappa shape index (κ3) is 2.73. The molecule has 4 rings (SSSR count). The highest BCUT2D eigenvalue weighted by Crippen LogP contribution is 2.22. The van der Waals surface area contributed by atoms with E-state index in [2.05, 4.69) is 20.9 Å². The lowest BCUT2D eigenvalue weighted by Gasteiger charge is -2.13. The van der Waals surface area contributed by atoms with Crippen molar-refractivity contribution in [3.8, 4) is 5.69 Å². The van der Waals surface area contributed by atoms with E-state index in [0.717, 1.165) is 4.57 Å². The maximum absolute atomic E-state index is 12.8. The minimum absolute atomic E-state index is 0.00778. The zero-order valence-electron chi connectivity index (χ0n) is 12.8. The van der Waals surface area contributed by atoms with Crippen LogP contribution in [0.3, 0.4) is 0 Å². The molecule has 0 saturated carbocycles. The summed E-state index contributed by atoms with van der Waals surface area (Å²) in [6.45, 7) is 0.144. The Morgan fingerprint density at radius 3 is 2.52 bits per heavy atom. The first kappa shape index (κ1) is 15.0. The molecule has 3 aromatic rings. The van der Waals surface area contributed by atoms with Gasteiger partial charge in [0, 0.05) is 12.4 Å². The minimum atomic E-state index is -0.741. The van der Waals surface area contributed by atoms with Gasteiger partial charge in [-0.1, -0.05) is 5.73 Å². The molecule has 0 radical (unpaired) electrons. The summed E-state index contributed by atoms with van der Waals surface area (Å²) in [5, 5.41) is 8.00. The third-order valence-corrected chi connectivity index (χ3v) is 3.74. The first-order valence-electron chi connectivity index (χ1n) is 7.40. The van der Waals surface area contributed by atoms with Crippen LogP contribution >= 0.6 is 0 Å². The number of rotatable bonds is 4. The van der Waals surface area contributed by atoms with E-state index < -0.39 is 16.9 Å². The van der Waals surface area contributed by atoms with Crippen molar-refractivity contribution in [2.45, 2.75) is 13.0 Å². The topological polar surface area (TPSA) is 87.6 Å². The first-order valence-corrected chi connectivity index (χ1v) is 7.40. The number of nitrogens with zero attached hydrogens (tertiary/aromatic N) is 6. The van der Waals surface area contributed by atoms with E-state index in [-0.39, 0.29) is 13.0 Å². The molecule has 3 aromatic heterocycles. The second-order valence-electron chi connectivity index (χ2n) is 5.39. The van der Waals surface area contributed by atoms with Gasteiger partial charge in [0.25, 0.3) is 0 Å². The molecule has 25 heavy (non-hydrogen) atoms. The highest BCUT2D eigenvalue weighted by molar-refractivity contribution is 5.54. The van der Waals surface area contributed by atoms with Crippen molar-refractivity contribution < 1.29 is 4.39 Å². The Labute approximate surface area is 139 Å². The molecule has 3 heterocycles. The van der Waals surface area contributed by atoms with Crippen LogP contribution in [0, 0.1) is 0 Å². The second-order valence-corrected chi connectivity index (χ2v) is 5.39. The number of pyridine rings is 1. The van der Waals surface area contributed by atoms with E-state index in [1.807, 2.05) is 0 Å². The van der Waals surface area contributed by atoms with Crippen LogP contribution < -0.4 is 11.1 Å². The van der Waals surface area contributed by atoms with Crippen LogP contribution in [0.4, 0.5) is 4.39 Å². The summed E-state index contributed by atoms with van der Waals surface area (Å²) in [7, 11) is 0. The van der Waals surface area contributed by atoms with E-state index >= 15 is 0 Å². The van der Waals surface area contributed by atoms with Crippen LogP contribution in [0.25, 0.3) is 11.4 Å². The maximum Gasteiger partial charge on any atom is 0.321 e. The normalized spacial score (nSPS) is 13.2. The van der Waals surface area contributed by atoms with Gasteiger partial charge in [0.05, 0.1) is 42.9 Å². The zero-order chi connectivity index (χ0) is 17.4. The fraction of sp³-hybridized carbons (Fsp3) is 0.125. The molecule has 0 bridgehead atoms. The van der Waals surface area contributed by atoms with E-state index in [1.54, 1.807) is 30.7 Å². The van der Waals surface area contributed by atoms with Crippen molar-refractivity contribution >= 4 is 5.70 Å². The Balaban J connectivity index is 1.61. The molecule has 124 valence electrons. The maximum atomic E-state index is 12.8. The summed E-state index contributed by atoms with van der Waals surface area (Å²) in [5.74, 6) is -0.429. The molecule has 0 N–H and O–H groups in total. The number of allylic oxidation sites excluding steroid dienone is 1. The van der Waals surface area contributed by atoms with Gasteiger partial charge in [-0.25, -0.2) is 4.39 Å². The lowest BCUT2D eigenvalue weighted by atomic mass is 10.2. The average molecular weight is 338 g/mol. The van der Waals surface area contributed by atoms with Gasteiger partial charge in [0.15, 0.2) is 5.83 Å². The van der Waals surface area contributed by atoms with Crippen LogP contribution in [0.15, 0.2) is 64.3 Å². The molecule has 1 aliphatic rings. The predicted octanol–water partition coefficient (Wildman–Crippen LogP) is 0.731. The Kier molecular flexibility index (Phi) is 3.48. The highest BCUT2D eigenvalue weighted by atomic mass is 19.1. The summed E-state index contributed by atoms with van der Waals surface area (Å²) >= 11 is 0. The number of hydrogen-bond donors (Lipinski definition) is 0. The summed E-state index contributed by atoms with van der Waals surface area (Å²) in [6, 6.07) is 3.49. The lowest BCUT2D eigenvalue weighted by molar-refractivity contribution is 0.599. The van der Waals surface area contributed by atoms with Gasteiger partial charge in [-0.3, -0.25) is 19.1 Å². The van der Waals surface area contributed by atoms with E-state index in [0.29, 0.717) is 17.1 Å². The summed E-state index contributed by atoms with van der Waals surface area (Å²) in [5.41, 5.74) is 2.56. The molecular weight excluding hydrogens is 327 g/mol. The lowest BCUT2D eigenvalue weighted by Crippen LogP contribution is -2.40. The van der Waals surface area contributed by atoms with Gasteiger partial charge < -0.3 is 4.57 Å². The minimum Gasteiger partial charge on any atom is -0.303 e. The van der Waals surface area contributed by atoms with Gasteiger partial charge >= 0.3 is 11.1 Å². The van der Waals surface area contributed by atoms with Crippen LogP contribution in [0.1, 0.15) is 12.1 Å². The van der Waals surface area contributed by atoms with E-state index in [9.17, 15) is 14.0 Å². The third-order valence-electron chi connectivity index (χ3n) is 3.74. The average Bonchev–Trinajstić information content (AvgIpc) is 3.12. The molecule has 1 aliphatic carbocycles. The first-order chi connectivity index (χ1) is 12.1. The second kappa shape index (κ2) is 5.81. The van der Waals surface area contributed by atoms with Gasteiger partial charge in [-0.2, -0.15) is 15.0 Å². The van der Waals surface area contributed by atoms with Crippen molar-refractivity contribution in [1.29, 1.82) is 0 Å². The summed E-state index contributed by atoms with van der Waals surface area (Å²) in [6.07, 6.45) is 7.60. The van der Waals surface area contributed by atoms with Crippen LogP contribution in [0.2, 0.25) is 0 Å². The van der Waals surface area contributed by atoms with Crippen LogP contribution in [-0.2, 0) is 6.54 Å². The van der Waals surface area contributed by atoms with E-state index in [1.165, 1.54) is 21.8 Å². The number of hydrogen-bond acceptors (Lipinski definition) is 5. The zero-order valence-corrected chi connectivity index (χ0v) is 12.8. The quantitative estimate of drug-likeness (QED) is 0.517. The summed E-state index contributed by atoms with van der Waals surface area (Å²) in [4.78, 5) is 30.0. The number of aromatic nitrogens is 6. The SMILES string of the molecule is O=c1c(=O)n(C2=C=C(F)C2)ccn1Cc1ccc(-n2nccn2)cn1. The Bertz CT molecular complexity index is 1120. The van der Waals surface area contributed by atoms with Crippen LogP contribution in [-0.4, -0.2) is 29.1 Å². The van der Waals surface area contributed by atoms with Crippen LogP contribution in [0.5, 0.6) is 0 Å². The smallest absolute Gasteiger partial charge is 0.303 e. The molecule has 0 saturated heterocycles. The molecule has 0 spiro atoms. The van der Waals surface area contributed by atoms with E-state index in [4.69, 9.17) is 0 Å². The molecule has 0 fully saturated rings. The molecule has 9 heteroatoms. The van der Waals surface area contributed by atoms with Crippen molar-refractivity contribution in [3.63, 3.8) is 0 Å². The Morgan fingerprint density at radius 1 is 1.12 bits per heavy atom. The molecule has 8 nitrogen and oxygen atoms in total. The monoisotopic (exact) mass is 338 g/mol. The molecular formula is C16H11FN6O2. The Hall–Kier alpha value is -3.58. The summed E-state index contributed by atoms with van der Waals surface area (Å²) < 4.78 is 15.1. The molecule has 0 aliphatic heterocycles. The van der Waals surface area contributed by atoms with Gasteiger partial charge in [0.1, 0.15) is 5.69 Å². The fourth-order valence-electron chi connectivity index (χ4n) is 2.43. The largest absolute Gasteiger partial charge is 0.321 e. The van der Waals surface area contributed by atoms with Crippen molar-refractivity contribution in [2.24, 2.45) is 0 Å². The van der Waals surface area contributed by atoms with Gasteiger partial charge in [0.2, 0.25) is 0 Å². The Morgan fingerprint density at radius 2 is 1.88 bits per heavy atom. The standard InChI is InChI=1S/C16H11FN6O2/c17-11-7-14(8-11)22-6-5-21(15(24)16(22)25)10-12-1-2-13(9-18-12)23-19-3-4-20-23/h1-6,9H,7,10H2. The predicted molar refractivity (Wildman–Crippen MR) is 85.7 cm³/mol. The molecule has 0 amide bonds. The van der Waals surface area contributed by atoms with Crippen molar-refractivity contribution in [3.05, 3.63) is 81.1 Å². The molecule has 0 aromatic carbocycles. The van der Waals surface area contributed by atoms with Crippen molar-refractivity contribution in [2.75, 3.05) is 0 Å². The van der Waals surface area contributed by atoms with Crippen molar-refractivity contribution in [1.82, 2.24) is 29.1 Å². The molecule has 0 unspecified atom stereocenters.